The summed E-state index contributed by atoms with van der Waals surface area (Å²) in [6.07, 6.45) is 7.41. The highest BCUT2D eigenvalue weighted by atomic mass is 16.1. The van der Waals surface area contributed by atoms with Crippen LogP contribution >= 0.6 is 0 Å². The average molecular weight is 411 g/mol. The molecule has 2 aromatic heterocycles. The summed E-state index contributed by atoms with van der Waals surface area (Å²) >= 11 is 0. The SMILES string of the molecule is CC[C@@H](C)n1cc(/C=C(\C#N)C(=O)NCCc2c[nH]c3ccccc23)c2ccccc21. The minimum atomic E-state index is -0.345. The Kier molecular flexibility index (Phi) is 5.90. The summed E-state index contributed by atoms with van der Waals surface area (Å²) in [4.78, 5) is 15.9. The minimum absolute atomic E-state index is 0.117. The summed E-state index contributed by atoms with van der Waals surface area (Å²) in [7, 11) is 0. The molecule has 0 unspecified atom stereocenters. The third-order valence-electron chi connectivity index (χ3n) is 5.86. The molecule has 156 valence electrons. The van der Waals surface area contributed by atoms with Gasteiger partial charge in [-0.1, -0.05) is 43.3 Å². The number of nitrogens with one attached hydrogen (secondary N) is 2. The number of nitriles is 1. The fraction of sp³-hybridized carbons (Fsp3) is 0.231. The molecule has 0 saturated carbocycles. The van der Waals surface area contributed by atoms with E-state index in [1.54, 1.807) is 6.08 Å². The van der Waals surface area contributed by atoms with Crippen LogP contribution in [-0.2, 0) is 11.2 Å². The largest absolute Gasteiger partial charge is 0.361 e. The number of rotatable bonds is 7. The van der Waals surface area contributed by atoms with Crippen LogP contribution in [0.3, 0.4) is 0 Å². The molecular formula is C26H26N4O. The zero-order valence-electron chi connectivity index (χ0n) is 17.9. The Labute approximate surface area is 182 Å². The minimum Gasteiger partial charge on any atom is -0.361 e. The van der Waals surface area contributed by atoms with Crippen molar-refractivity contribution in [1.29, 1.82) is 5.26 Å². The number of amides is 1. The molecule has 0 aliphatic heterocycles. The zero-order valence-corrected chi connectivity index (χ0v) is 17.9. The topological polar surface area (TPSA) is 73.6 Å². The predicted octanol–water partition coefficient (Wildman–Crippen LogP) is 5.36. The van der Waals surface area contributed by atoms with E-state index in [0.29, 0.717) is 19.0 Å². The van der Waals surface area contributed by atoms with Crippen LogP contribution in [0.1, 0.15) is 37.4 Å². The van der Waals surface area contributed by atoms with Crippen LogP contribution in [-0.4, -0.2) is 22.0 Å². The number of aromatic nitrogens is 2. The number of H-pyrrole nitrogens is 1. The van der Waals surface area contributed by atoms with Crippen LogP contribution in [0, 0.1) is 11.3 Å². The first-order valence-corrected chi connectivity index (χ1v) is 10.7. The first-order valence-electron chi connectivity index (χ1n) is 10.7. The molecule has 0 radical (unpaired) electrons. The van der Waals surface area contributed by atoms with Gasteiger partial charge in [-0.05, 0) is 43.5 Å². The summed E-state index contributed by atoms with van der Waals surface area (Å²) in [5, 5.41) is 14.7. The number of nitrogens with zero attached hydrogens (tertiary/aromatic N) is 2. The van der Waals surface area contributed by atoms with E-state index in [4.69, 9.17) is 0 Å². The molecule has 1 atom stereocenters. The van der Waals surface area contributed by atoms with Gasteiger partial charge >= 0.3 is 0 Å². The molecule has 2 N–H and O–H groups in total. The highest BCUT2D eigenvalue weighted by Crippen LogP contribution is 2.27. The van der Waals surface area contributed by atoms with Crippen LogP contribution < -0.4 is 5.32 Å². The normalized spacial score (nSPS) is 12.7. The lowest BCUT2D eigenvalue weighted by atomic mass is 10.1. The van der Waals surface area contributed by atoms with E-state index in [1.165, 1.54) is 0 Å². The maximum Gasteiger partial charge on any atom is 0.261 e. The average Bonchev–Trinajstić information content (AvgIpc) is 3.38. The first kappa shape index (κ1) is 20.5. The first-order chi connectivity index (χ1) is 15.1. The smallest absolute Gasteiger partial charge is 0.261 e. The Balaban J connectivity index is 1.52. The van der Waals surface area contributed by atoms with Crippen molar-refractivity contribution in [2.24, 2.45) is 0 Å². The van der Waals surface area contributed by atoms with Crippen LogP contribution in [0.2, 0.25) is 0 Å². The van der Waals surface area contributed by atoms with Crippen molar-refractivity contribution >= 4 is 33.8 Å². The molecule has 0 aliphatic carbocycles. The van der Waals surface area contributed by atoms with Crippen LogP contribution in [0.5, 0.6) is 0 Å². The molecule has 5 nitrogen and oxygen atoms in total. The maximum absolute atomic E-state index is 12.7. The van der Waals surface area contributed by atoms with Crippen molar-refractivity contribution < 1.29 is 4.79 Å². The fourth-order valence-electron chi connectivity index (χ4n) is 3.96. The van der Waals surface area contributed by atoms with Gasteiger partial charge in [-0.25, -0.2) is 0 Å². The van der Waals surface area contributed by atoms with E-state index in [-0.39, 0.29) is 11.5 Å². The molecule has 2 aromatic carbocycles. The zero-order chi connectivity index (χ0) is 21.8. The van der Waals surface area contributed by atoms with Gasteiger partial charge in [0.1, 0.15) is 11.6 Å². The second kappa shape index (κ2) is 8.93. The van der Waals surface area contributed by atoms with Gasteiger partial charge in [0.25, 0.3) is 5.91 Å². The second-order valence-electron chi connectivity index (χ2n) is 7.80. The molecule has 0 saturated heterocycles. The molecule has 4 aromatic rings. The van der Waals surface area contributed by atoms with Crippen molar-refractivity contribution in [1.82, 2.24) is 14.9 Å². The fourth-order valence-corrected chi connectivity index (χ4v) is 3.96. The van der Waals surface area contributed by atoms with E-state index in [0.717, 1.165) is 39.4 Å². The standard InChI is InChI=1S/C26H26N4O/c1-3-18(2)30-17-21(23-9-5-7-11-25(23)30)14-20(15-27)26(31)28-13-12-19-16-29-24-10-6-4-8-22(19)24/h4-11,14,16-18,29H,3,12-13H2,1-2H3,(H,28,31)/b20-14+/t18-/m1/s1. The van der Waals surface area contributed by atoms with E-state index in [9.17, 15) is 10.1 Å². The molecule has 2 heterocycles. The number of benzene rings is 2. The molecule has 0 bridgehead atoms. The van der Waals surface area contributed by atoms with Gasteiger partial charge in [-0.3, -0.25) is 4.79 Å². The summed E-state index contributed by atoms with van der Waals surface area (Å²) in [5.74, 6) is -0.345. The summed E-state index contributed by atoms with van der Waals surface area (Å²) < 4.78 is 2.21. The van der Waals surface area contributed by atoms with Gasteiger partial charge in [0.15, 0.2) is 0 Å². The predicted molar refractivity (Wildman–Crippen MR) is 126 cm³/mol. The Hall–Kier alpha value is -3.78. The van der Waals surface area contributed by atoms with Crippen molar-refractivity contribution in [3.05, 3.63) is 77.6 Å². The quantitative estimate of drug-likeness (QED) is 0.318. The molecule has 1 amide bonds. The summed E-state index contributed by atoms with van der Waals surface area (Å²) in [5.41, 5.74) is 4.35. The van der Waals surface area contributed by atoms with Crippen LogP contribution in [0.15, 0.2) is 66.5 Å². The summed E-state index contributed by atoms with van der Waals surface area (Å²) in [6, 6.07) is 18.6. The van der Waals surface area contributed by atoms with Gasteiger partial charge in [-0.15, -0.1) is 0 Å². The Bertz CT molecular complexity index is 1300. The number of hydrogen-bond donors (Lipinski definition) is 2. The van der Waals surface area contributed by atoms with E-state index >= 15 is 0 Å². The third-order valence-corrected chi connectivity index (χ3v) is 5.86. The monoisotopic (exact) mass is 410 g/mol. The van der Waals surface area contributed by atoms with Gasteiger partial charge in [-0.2, -0.15) is 5.26 Å². The number of fused-ring (bicyclic) bond motifs is 2. The number of carbonyl (C=O) groups is 1. The molecule has 5 heteroatoms. The maximum atomic E-state index is 12.7. The second-order valence-corrected chi connectivity index (χ2v) is 7.80. The Morgan fingerprint density at radius 1 is 1.19 bits per heavy atom. The molecule has 0 fully saturated rings. The van der Waals surface area contributed by atoms with Crippen molar-refractivity contribution in [3.63, 3.8) is 0 Å². The van der Waals surface area contributed by atoms with Crippen molar-refractivity contribution in [3.8, 4) is 6.07 Å². The van der Waals surface area contributed by atoms with E-state index < -0.39 is 0 Å². The molecule has 0 spiro atoms. The number of aromatic amines is 1. The lowest BCUT2D eigenvalue weighted by Crippen LogP contribution is -2.26. The molecule has 4 rings (SSSR count). The Morgan fingerprint density at radius 3 is 2.71 bits per heavy atom. The van der Waals surface area contributed by atoms with Gasteiger partial charge < -0.3 is 14.9 Å². The van der Waals surface area contributed by atoms with Crippen LogP contribution in [0.25, 0.3) is 27.9 Å². The number of para-hydroxylation sites is 2. The number of carbonyl (C=O) groups excluding carboxylic acids is 1. The molecule has 31 heavy (non-hydrogen) atoms. The van der Waals surface area contributed by atoms with Crippen molar-refractivity contribution in [2.75, 3.05) is 6.54 Å². The number of hydrogen-bond acceptors (Lipinski definition) is 2. The van der Waals surface area contributed by atoms with Gasteiger partial charge in [0.2, 0.25) is 0 Å². The summed E-state index contributed by atoms with van der Waals surface area (Å²) in [6.45, 7) is 4.79. The molecular weight excluding hydrogens is 384 g/mol. The molecule has 0 aliphatic rings. The Morgan fingerprint density at radius 2 is 1.94 bits per heavy atom. The van der Waals surface area contributed by atoms with Crippen molar-refractivity contribution in [2.45, 2.75) is 32.7 Å². The lowest BCUT2D eigenvalue weighted by molar-refractivity contribution is -0.117. The van der Waals surface area contributed by atoms with Crippen LogP contribution in [0.4, 0.5) is 0 Å². The van der Waals surface area contributed by atoms with Gasteiger partial charge in [0, 0.05) is 52.3 Å². The van der Waals surface area contributed by atoms with E-state index in [1.807, 2.05) is 48.8 Å². The highest BCUT2D eigenvalue weighted by molar-refractivity contribution is 6.04. The van der Waals surface area contributed by atoms with E-state index in [2.05, 4.69) is 46.9 Å². The highest BCUT2D eigenvalue weighted by Gasteiger charge is 2.14. The lowest BCUT2D eigenvalue weighted by Gasteiger charge is -2.12. The third kappa shape index (κ3) is 4.10. The van der Waals surface area contributed by atoms with Gasteiger partial charge in [0.05, 0.1) is 0 Å².